The van der Waals surface area contributed by atoms with Gasteiger partial charge in [-0.25, -0.2) is 4.98 Å². The van der Waals surface area contributed by atoms with Crippen LogP contribution in [0.1, 0.15) is 24.3 Å². The molecule has 0 bridgehead atoms. The van der Waals surface area contributed by atoms with E-state index >= 15 is 0 Å². The fourth-order valence-electron chi connectivity index (χ4n) is 1.11. The van der Waals surface area contributed by atoms with E-state index in [-0.39, 0.29) is 6.61 Å². The van der Waals surface area contributed by atoms with Crippen molar-refractivity contribution in [3.63, 3.8) is 0 Å². The topological polar surface area (TPSA) is 78.5 Å². The third-order valence-corrected chi connectivity index (χ3v) is 2.20. The van der Waals surface area contributed by atoms with Crippen LogP contribution in [0.25, 0.3) is 0 Å². The monoisotopic (exact) mass is 214 g/mol. The summed E-state index contributed by atoms with van der Waals surface area (Å²) in [6.07, 6.45) is 0. The van der Waals surface area contributed by atoms with E-state index in [1.165, 1.54) is 0 Å². The first-order valence-electron chi connectivity index (χ1n) is 4.91. The van der Waals surface area contributed by atoms with Crippen molar-refractivity contribution in [1.82, 2.24) is 10.3 Å². The van der Waals surface area contributed by atoms with Crippen molar-refractivity contribution in [3.05, 3.63) is 17.3 Å². The number of rotatable bonds is 5. The van der Waals surface area contributed by atoms with E-state index in [4.69, 9.17) is 9.52 Å². The van der Waals surface area contributed by atoms with Gasteiger partial charge in [-0.1, -0.05) is 0 Å². The molecule has 1 aromatic rings. The Labute approximate surface area is 89.1 Å². The average molecular weight is 214 g/mol. The standard InChI is InChI=1S/C10H18N2O3/c1-7-8(2)15-9(12-7)4-11-5-10(3,14)6-13/h11,13-14H,4-6H2,1-3H3. The SMILES string of the molecule is Cc1nc(CNCC(C)(O)CO)oc1C. The second-order valence-corrected chi connectivity index (χ2v) is 4.01. The molecule has 1 rings (SSSR count). The number of aryl methyl sites for hydroxylation is 2. The number of oxazole rings is 1. The van der Waals surface area contributed by atoms with Gasteiger partial charge in [0, 0.05) is 6.54 Å². The lowest BCUT2D eigenvalue weighted by Gasteiger charge is -2.19. The van der Waals surface area contributed by atoms with Gasteiger partial charge < -0.3 is 19.9 Å². The summed E-state index contributed by atoms with van der Waals surface area (Å²) in [5, 5.41) is 21.3. The number of nitrogens with one attached hydrogen (secondary N) is 1. The molecule has 0 aromatic carbocycles. The van der Waals surface area contributed by atoms with Gasteiger partial charge in [0.25, 0.3) is 0 Å². The molecule has 0 fully saturated rings. The Morgan fingerprint density at radius 1 is 1.47 bits per heavy atom. The minimum atomic E-state index is -1.10. The van der Waals surface area contributed by atoms with E-state index in [2.05, 4.69) is 10.3 Å². The molecular formula is C10H18N2O3. The molecule has 0 aliphatic heterocycles. The summed E-state index contributed by atoms with van der Waals surface area (Å²) in [5.74, 6) is 1.40. The predicted octanol–water partition coefficient (Wildman–Crippen LogP) is 0.124. The minimum absolute atomic E-state index is 0.274. The Bertz CT molecular complexity index is 301. The second-order valence-electron chi connectivity index (χ2n) is 4.01. The van der Waals surface area contributed by atoms with Gasteiger partial charge >= 0.3 is 0 Å². The molecule has 0 aliphatic rings. The summed E-state index contributed by atoms with van der Waals surface area (Å²) < 4.78 is 5.34. The molecular weight excluding hydrogens is 196 g/mol. The van der Waals surface area contributed by atoms with E-state index < -0.39 is 5.60 Å². The van der Waals surface area contributed by atoms with Crippen LogP contribution in [0, 0.1) is 13.8 Å². The maximum absolute atomic E-state index is 9.50. The Morgan fingerprint density at radius 2 is 2.13 bits per heavy atom. The maximum Gasteiger partial charge on any atom is 0.208 e. The largest absolute Gasteiger partial charge is 0.444 e. The fourth-order valence-corrected chi connectivity index (χ4v) is 1.11. The van der Waals surface area contributed by atoms with Crippen LogP contribution < -0.4 is 5.32 Å². The lowest BCUT2D eigenvalue weighted by Crippen LogP contribution is -2.40. The molecule has 15 heavy (non-hydrogen) atoms. The Balaban J connectivity index is 2.38. The fraction of sp³-hybridized carbons (Fsp3) is 0.700. The van der Waals surface area contributed by atoms with Gasteiger partial charge in [0.05, 0.1) is 24.4 Å². The van der Waals surface area contributed by atoms with E-state index in [0.29, 0.717) is 19.0 Å². The highest BCUT2D eigenvalue weighted by molar-refractivity contribution is 5.05. The zero-order chi connectivity index (χ0) is 11.5. The first kappa shape index (κ1) is 12.2. The van der Waals surface area contributed by atoms with Crippen LogP contribution in [-0.4, -0.2) is 33.9 Å². The van der Waals surface area contributed by atoms with Crippen LogP contribution in [0.3, 0.4) is 0 Å². The zero-order valence-electron chi connectivity index (χ0n) is 9.37. The molecule has 5 heteroatoms. The molecule has 1 heterocycles. The van der Waals surface area contributed by atoms with Gasteiger partial charge in [0.1, 0.15) is 5.76 Å². The highest BCUT2D eigenvalue weighted by Crippen LogP contribution is 2.08. The molecule has 86 valence electrons. The Hall–Kier alpha value is -0.910. The molecule has 0 amide bonds. The normalized spacial score (nSPS) is 15.3. The quantitative estimate of drug-likeness (QED) is 0.649. The van der Waals surface area contributed by atoms with Crippen LogP contribution in [-0.2, 0) is 6.54 Å². The van der Waals surface area contributed by atoms with Crippen molar-refractivity contribution >= 4 is 0 Å². The van der Waals surface area contributed by atoms with Crippen molar-refractivity contribution in [3.8, 4) is 0 Å². The number of aliphatic hydroxyl groups is 2. The molecule has 1 unspecified atom stereocenters. The molecule has 0 saturated heterocycles. The van der Waals surface area contributed by atoms with Crippen molar-refractivity contribution in [1.29, 1.82) is 0 Å². The molecule has 0 aliphatic carbocycles. The van der Waals surface area contributed by atoms with Crippen molar-refractivity contribution in [2.24, 2.45) is 0 Å². The van der Waals surface area contributed by atoms with Gasteiger partial charge in [-0.2, -0.15) is 0 Å². The smallest absolute Gasteiger partial charge is 0.208 e. The zero-order valence-corrected chi connectivity index (χ0v) is 9.37. The molecule has 3 N–H and O–H groups in total. The van der Waals surface area contributed by atoms with Gasteiger partial charge in [0.2, 0.25) is 5.89 Å². The third kappa shape index (κ3) is 3.62. The molecule has 0 spiro atoms. The van der Waals surface area contributed by atoms with Crippen LogP contribution in [0.15, 0.2) is 4.42 Å². The van der Waals surface area contributed by atoms with E-state index in [1.54, 1.807) is 6.92 Å². The highest BCUT2D eigenvalue weighted by Gasteiger charge is 2.18. The third-order valence-electron chi connectivity index (χ3n) is 2.20. The van der Waals surface area contributed by atoms with Crippen LogP contribution >= 0.6 is 0 Å². The lowest BCUT2D eigenvalue weighted by atomic mass is 10.1. The summed E-state index contributed by atoms with van der Waals surface area (Å²) in [6, 6.07) is 0. The van der Waals surface area contributed by atoms with E-state index in [1.807, 2.05) is 13.8 Å². The first-order chi connectivity index (χ1) is 6.94. The van der Waals surface area contributed by atoms with E-state index in [9.17, 15) is 5.11 Å². The summed E-state index contributed by atoms with van der Waals surface area (Å²) in [7, 11) is 0. The van der Waals surface area contributed by atoms with Gasteiger partial charge in [0.15, 0.2) is 0 Å². The van der Waals surface area contributed by atoms with E-state index in [0.717, 1.165) is 11.5 Å². The summed E-state index contributed by atoms with van der Waals surface area (Å²) in [6.45, 7) is 5.77. The average Bonchev–Trinajstić information content (AvgIpc) is 2.46. The second kappa shape index (κ2) is 4.74. The molecule has 0 saturated carbocycles. The number of hydrogen-bond donors (Lipinski definition) is 3. The predicted molar refractivity (Wildman–Crippen MR) is 55.4 cm³/mol. The Kier molecular flexibility index (Phi) is 3.84. The van der Waals surface area contributed by atoms with Crippen molar-refractivity contribution < 1.29 is 14.6 Å². The number of aromatic nitrogens is 1. The van der Waals surface area contributed by atoms with Crippen molar-refractivity contribution in [2.45, 2.75) is 32.9 Å². The molecule has 5 nitrogen and oxygen atoms in total. The van der Waals surface area contributed by atoms with Crippen LogP contribution in [0.5, 0.6) is 0 Å². The van der Waals surface area contributed by atoms with Crippen LogP contribution in [0.4, 0.5) is 0 Å². The minimum Gasteiger partial charge on any atom is -0.444 e. The molecule has 1 aromatic heterocycles. The summed E-state index contributed by atoms with van der Waals surface area (Å²) >= 11 is 0. The summed E-state index contributed by atoms with van der Waals surface area (Å²) in [5.41, 5.74) is -0.225. The van der Waals surface area contributed by atoms with Crippen molar-refractivity contribution in [2.75, 3.05) is 13.2 Å². The van der Waals surface area contributed by atoms with Crippen LogP contribution in [0.2, 0.25) is 0 Å². The number of aliphatic hydroxyl groups excluding tert-OH is 1. The lowest BCUT2D eigenvalue weighted by molar-refractivity contribution is 0.00219. The Morgan fingerprint density at radius 3 is 2.60 bits per heavy atom. The first-order valence-corrected chi connectivity index (χ1v) is 4.91. The molecule has 0 radical (unpaired) electrons. The number of hydrogen-bond acceptors (Lipinski definition) is 5. The highest BCUT2D eigenvalue weighted by atomic mass is 16.4. The number of nitrogens with zero attached hydrogens (tertiary/aromatic N) is 1. The van der Waals surface area contributed by atoms with Gasteiger partial charge in [-0.3, -0.25) is 0 Å². The van der Waals surface area contributed by atoms with Gasteiger partial charge in [-0.15, -0.1) is 0 Å². The maximum atomic E-state index is 9.50. The summed E-state index contributed by atoms with van der Waals surface area (Å²) in [4.78, 5) is 4.18. The molecule has 1 atom stereocenters. The van der Waals surface area contributed by atoms with Gasteiger partial charge in [-0.05, 0) is 20.8 Å².